The second kappa shape index (κ2) is 4.67. The summed E-state index contributed by atoms with van der Waals surface area (Å²) in [5.74, 6) is 0.293. The zero-order valence-corrected chi connectivity index (χ0v) is 7.95. The standard InChI is InChI=1S/C11H14O2/c1-9(8-13-2)7-10-3-5-11(12)6-4-10/h3-7,12H,8H2,1-2H3/b9-7+. The van der Waals surface area contributed by atoms with Crippen LogP contribution in [0.5, 0.6) is 5.75 Å². The number of benzene rings is 1. The minimum absolute atomic E-state index is 0.293. The normalized spacial score (nSPS) is 11.7. The van der Waals surface area contributed by atoms with E-state index in [2.05, 4.69) is 0 Å². The Hall–Kier alpha value is -1.28. The Labute approximate surface area is 78.5 Å². The van der Waals surface area contributed by atoms with Gasteiger partial charge in [0.15, 0.2) is 0 Å². The fourth-order valence-corrected chi connectivity index (χ4v) is 1.12. The van der Waals surface area contributed by atoms with Gasteiger partial charge in [-0.1, -0.05) is 18.2 Å². The van der Waals surface area contributed by atoms with Crippen LogP contribution in [-0.4, -0.2) is 18.8 Å². The van der Waals surface area contributed by atoms with Crippen molar-refractivity contribution in [3.05, 3.63) is 35.4 Å². The Bertz CT molecular complexity index is 285. The third-order valence-electron chi connectivity index (χ3n) is 1.68. The van der Waals surface area contributed by atoms with E-state index >= 15 is 0 Å². The maximum absolute atomic E-state index is 9.05. The van der Waals surface area contributed by atoms with Gasteiger partial charge in [-0.05, 0) is 30.2 Å². The second-order valence-electron chi connectivity index (χ2n) is 3.02. The fraction of sp³-hybridized carbons (Fsp3) is 0.273. The van der Waals surface area contributed by atoms with Crippen molar-refractivity contribution in [2.24, 2.45) is 0 Å². The molecule has 0 aliphatic heterocycles. The Morgan fingerprint density at radius 3 is 2.54 bits per heavy atom. The summed E-state index contributed by atoms with van der Waals surface area (Å²) >= 11 is 0. The molecule has 0 saturated heterocycles. The largest absolute Gasteiger partial charge is 0.508 e. The minimum Gasteiger partial charge on any atom is -0.508 e. The van der Waals surface area contributed by atoms with E-state index in [4.69, 9.17) is 9.84 Å². The van der Waals surface area contributed by atoms with E-state index in [1.807, 2.05) is 25.1 Å². The molecule has 1 aromatic rings. The average molecular weight is 178 g/mol. The van der Waals surface area contributed by atoms with Crippen LogP contribution < -0.4 is 0 Å². The third-order valence-corrected chi connectivity index (χ3v) is 1.68. The molecule has 70 valence electrons. The number of ether oxygens (including phenoxy) is 1. The molecule has 0 spiro atoms. The molecule has 1 N–H and O–H groups in total. The van der Waals surface area contributed by atoms with Crippen LogP contribution in [0.3, 0.4) is 0 Å². The van der Waals surface area contributed by atoms with E-state index in [9.17, 15) is 0 Å². The van der Waals surface area contributed by atoms with Gasteiger partial charge in [-0.2, -0.15) is 0 Å². The van der Waals surface area contributed by atoms with Gasteiger partial charge in [0.05, 0.1) is 6.61 Å². The molecule has 0 aliphatic rings. The van der Waals surface area contributed by atoms with E-state index in [0.717, 1.165) is 11.1 Å². The van der Waals surface area contributed by atoms with Crippen LogP contribution in [0.1, 0.15) is 12.5 Å². The van der Waals surface area contributed by atoms with Crippen LogP contribution in [0, 0.1) is 0 Å². The quantitative estimate of drug-likeness (QED) is 0.770. The van der Waals surface area contributed by atoms with E-state index in [-0.39, 0.29) is 0 Å². The van der Waals surface area contributed by atoms with Crippen LogP contribution in [0.4, 0.5) is 0 Å². The van der Waals surface area contributed by atoms with Crippen molar-refractivity contribution in [3.63, 3.8) is 0 Å². The highest BCUT2D eigenvalue weighted by Crippen LogP contribution is 2.12. The van der Waals surface area contributed by atoms with Crippen molar-refractivity contribution < 1.29 is 9.84 Å². The molecular formula is C11H14O2. The first-order chi connectivity index (χ1) is 6.22. The van der Waals surface area contributed by atoms with Crippen molar-refractivity contribution in [1.82, 2.24) is 0 Å². The number of phenols is 1. The molecule has 0 atom stereocenters. The van der Waals surface area contributed by atoms with Crippen LogP contribution in [0.15, 0.2) is 29.8 Å². The number of aromatic hydroxyl groups is 1. The van der Waals surface area contributed by atoms with Gasteiger partial charge in [0.25, 0.3) is 0 Å². The summed E-state index contributed by atoms with van der Waals surface area (Å²) in [6.45, 7) is 2.65. The third kappa shape index (κ3) is 3.30. The van der Waals surface area contributed by atoms with Gasteiger partial charge in [0, 0.05) is 7.11 Å². The molecule has 13 heavy (non-hydrogen) atoms. The molecule has 0 aliphatic carbocycles. The zero-order valence-electron chi connectivity index (χ0n) is 7.95. The number of methoxy groups -OCH3 is 1. The SMILES string of the molecule is COC/C(C)=C/c1ccc(O)cc1. The molecule has 2 nitrogen and oxygen atoms in total. The lowest BCUT2D eigenvalue weighted by Crippen LogP contribution is -1.88. The van der Waals surface area contributed by atoms with E-state index < -0.39 is 0 Å². The molecule has 0 saturated carbocycles. The average Bonchev–Trinajstić information content (AvgIpc) is 2.09. The zero-order chi connectivity index (χ0) is 9.68. The fourth-order valence-electron chi connectivity index (χ4n) is 1.12. The summed E-state index contributed by atoms with van der Waals surface area (Å²) in [4.78, 5) is 0. The highest BCUT2D eigenvalue weighted by molar-refractivity contribution is 5.53. The molecule has 0 heterocycles. The minimum atomic E-state index is 0.293. The molecule has 1 rings (SSSR count). The predicted molar refractivity (Wildman–Crippen MR) is 53.6 cm³/mol. The van der Waals surface area contributed by atoms with Gasteiger partial charge in [0.1, 0.15) is 5.75 Å². The second-order valence-corrected chi connectivity index (χ2v) is 3.02. The summed E-state index contributed by atoms with van der Waals surface area (Å²) in [5.41, 5.74) is 2.24. The summed E-state index contributed by atoms with van der Waals surface area (Å²) in [5, 5.41) is 9.05. The van der Waals surface area contributed by atoms with Gasteiger partial charge in [-0.3, -0.25) is 0 Å². The number of hydrogen-bond acceptors (Lipinski definition) is 2. The first kappa shape index (κ1) is 9.81. The lowest BCUT2D eigenvalue weighted by atomic mass is 10.1. The molecular weight excluding hydrogens is 164 g/mol. The predicted octanol–water partition coefficient (Wildman–Crippen LogP) is 2.44. The highest BCUT2D eigenvalue weighted by Gasteiger charge is 1.91. The number of phenolic OH excluding ortho intramolecular Hbond substituents is 1. The van der Waals surface area contributed by atoms with Crippen LogP contribution in [-0.2, 0) is 4.74 Å². The lowest BCUT2D eigenvalue weighted by Gasteiger charge is -1.99. The monoisotopic (exact) mass is 178 g/mol. The van der Waals surface area contributed by atoms with Crippen LogP contribution in [0.25, 0.3) is 6.08 Å². The summed E-state index contributed by atoms with van der Waals surface area (Å²) in [7, 11) is 1.67. The van der Waals surface area contributed by atoms with Gasteiger partial charge < -0.3 is 9.84 Å². The highest BCUT2D eigenvalue weighted by atomic mass is 16.5. The number of rotatable bonds is 3. The van der Waals surface area contributed by atoms with Crippen molar-refractivity contribution >= 4 is 6.08 Å². The smallest absolute Gasteiger partial charge is 0.115 e. The van der Waals surface area contributed by atoms with E-state index in [1.165, 1.54) is 0 Å². The molecule has 0 fully saturated rings. The molecule has 0 bridgehead atoms. The first-order valence-electron chi connectivity index (χ1n) is 4.17. The Kier molecular flexibility index (Phi) is 3.53. The van der Waals surface area contributed by atoms with Crippen molar-refractivity contribution in [2.45, 2.75) is 6.92 Å². The Balaban J connectivity index is 2.73. The van der Waals surface area contributed by atoms with E-state index in [0.29, 0.717) is 12.4 Å². The van der Waals surface area contributed by atoms with Crippen LogP contribution >= 0.6 is 0 Å². The molecule has 0 unspecified atom stereocenters. The lowest BCUT2D eigenvalue weighted by molar-refractivity contribution is 0.226. The van der Waals surface area contributed by atoms with E-state index in [1.54, 1.807) is 19.2 Å². The number of hydrogen-bond donors (Lipinski definition) is 1. The summed E-state index contributed by atoms with van der Waals surface area (Å²) in [6.07, 6.45) is 2.03. The Morgan fingerprint density at radius 2 is 2.00 bits per heavy atom. The maximum atomic E-state index is 9.05. The molecule has 1 aromatic carbocycles. The van der Waals surface area contributed by atoms with Gasteiger partial charge in [-0.25, -0.2) is 0 Å². The first-order valence-corrected chi connectivity index (χ1v) is 4.17. The van der Waals surface area contributed by atoms with Gasteiger partial charge in [-0.15, -0.1) is 0 Å². The van der Waals surface area contributed by atoms with Crippen molar-refractivity contribution in [2.75, 3.05) is 13.7 Å². The summed E-state index contributed by atoms with van der Waals surface area (Å²) < 4.78 is 4.98. The molecule has 0 radical (unpaired) electrons. The Morgan fingerprint density at radius 1 is 1.38 bits per heavy atom. The van der Waals surface area contributed by atoms with Crippen LogP contribution in [0.2, 0.25) is 0 Å². The maximum Gasteiger partial charge on any atom is 0.115 e. The molecule has 0 amide bonds. The molecule has 0 aromatic heterocycles. The molecule has 2 heteroatoms. The van der Waals surface area contributed by atoms with Gasteiger partial charge in [0.2, 0.25) is 0 Å². The van der Waals surface area contributed by atoms with Crippen molar-refractivity contribution in [3.8, 4) is 5.75 Å². The van der Waals surface area contributed by atoms with Crippen molar-refractivity contribution in [1.29, 1.82) is 0 Å². The topological polar surface area (TPSA) is 29.5 Å². The summed E-state index contributed by atoms with van der Waals surface area (Å²) in [6, 6.07) is 7.08. The van der Waals surface area contributed by atoms with Gasteiger partial charge >= 0.3 is 0 Å².